The lowest BCUT2D eigenvalue weighted by atomic mass is 10.1. The van der Waals surface area contributed by atoms with Gasteiger partial charge in [-0.1, -0.05) is 0 Å². The van der Waals surface area contributed by atoms with E-state index < -0.39 is 0 Å². The summed E-state index contributed by atoms with van der Waals surface area (Å²) in [5.74, 6) is 0. The number of hydrogen-bond donors (Lipinski definition) is 1. The van der Waals surface area contributed by atoms with Crippen LogP contribution in [0.3, 0.4) is 0 Å². The molecule has 1 fully saturated rings. The predicted octanol–water partition coefficient (Wildman–Crippen LogP) is 2.03. The van der Waals surface area contributed by atoms with E-state index in [0.29, 0.717) is 13.2 Å². The summed E-state index contributed by atoms with van der Waals surface area (Å²) in [5.41, 5.74) is 0.0396. The van der Waals surface area contributed by atoms with Crippen molar-refractivity contribution in [3.63, 3.8) is 0 Å². The number of rotatable bonds is 8. The van der Waals surface area contributed by atoms with Crippen molar-refractivity contribution in [3.05, 3.63) is 0 Å². The number of methoxy groups -OCH3 is 2. The van der Waals surface area contributed by atoms with Gasteiger partial charge in [-0.2, -0.15) is 0 Å². The van der Waals surface area contributed by atoms with Gasteiger partial charge in [0.25, 0.3) is 0 Å². The summed E-state index contributed by atoms with van der Waals surface area (Å²) in [6.07, 6.45) is 2.60. The van der Waals surface area contributed by atoms with E-state index in [-0.39, 0.29) is 23.8 Å². The van der Waals surface area contributed by atoms with Crippen LogP contribution in [0.1, 0.15) is 40.0 Å². The Hall–Kier alpha value is -0.850. The van der Waals surface area contributed by atoms with Crippen LogP contribution in [0.15, 0.2) is 0 Å². The van der Waals surface area contributed by atoms with Crippen molar-refractivity contribution in [2.24, 2.45) is 0 Å². The molecule has 0 radical (unpaired) electrons. The van der Waals surface area contributed by atoms with Crippen molar-refractivity contribution in [1.29, 1.82) is 0 Å². The summed E-state index contributed by atoms with van der Waals surface area (Å²) in [5, 5.41) is 2.78. The number of nitrogens with zero attached hydrogens (tertiary/aromatic N) is 1. The molecule has 1 aliphatic rings. The molecule has 0 aromatic carbocycles. The number of likely N-dealkylation sites (tertiary alicyclic amines) is 1. The van der Waals surface area contributed by atoms with Crippen LogP contribution in [-0.4, -0.2) is 69.2 Å². The minimum absolute atomic E-state index is 0.0396. The summed E-state index contributed by atoms with van der Waals surface area (Å²) < 4.78 is 15.8. The second kappa shape index (κ2) is 9.33. The maximum absolute atomic E-state index is 11.7. The van der Waals surface area contributed by atoms with Gasteiger partial charge in [-0.3, -0.25) is 4.90 Å². The monoisotopic (exact) mass is 316 g/mol. The number of carbonyl (C=O) groups excluding carboxylic acids is 1. The number of carbonyl (C=O) groups is 1. The number of nitrogens with one attached hydrogen (secondary N) is 1. The molecule has 6 heteroatoms. The zero-order valence-electron chi connectivity index (χ0n) is 14.7. The normalized spacial score (nSPS) is 22.8. The quantitative estimate of drug-likeness (QED) is 0.694. The Morgan fingerprint density at radius 1 is 1.27 bits per heavy atom. The van der Waals surface area contributed by atoms with Crippen molar-refractivity contribution in [3.8, 4) is 0 Å². The molecule has 1 rings (SSSR count). The van der Waals surface area contributed by atoms with E-state index in [1.807, 2.05) is 0 Å². The molecule has 22 heavy (non-hydrogen) atoms. The van der Waals surface area contributed by atoms with Gasteiger partial charge in [0.05, 0.1) is 6.10 Å². The Labute approximate surface area is 134 Å². The van der Waals surface area contributed by atoms with Crippen LogP contribution in [0, 0.1) is 0 Å². The molecule has 0 spiro atoms. The molecule has 1 heterocycles. The van der Waals surface area contributed by atoms with Crippen molar-refractivity contribution < 1.29 is 19.0 Å². The highest BCUT2D eigenvalue weighted by Crippen LogP contribution is 2.28. The van der Waals surface area contributed by atoms with Gasteiger partial charge in [0.1, 0.15) is 6.61 Å². The van der Waals surface area contributed by atoms with Crippen LogP contribution >= 0.6 is 0 Å². The topological polar surface area (TPSA) is 60.0 Å². The van der Waals surface area contributed by atoms with Gasteiger partial charge in [0, 0.05) is 45.5 Å². The number of alkyl carbamates (subject to hydrolysis) is 1. The summed E-state index contributed by atoms with van der Waals surface area (Å²) in [4.78, 5) is 14.1. The number of hydrogen-bond acceptors (Lipinski definition) is 5. The highest BCUT2D eigenvalue weighted by Gasteiger charge is 2.38. The van der Waals surface area contributed by atoms with E-state index in [1.165, 1.54) is 0 Å². The molecular weight excluding hydrogens is 284 g/mol. The first kappa shape index (κ1) is 19.2. The lowest BCUT2D eigenvalue weighted by Crippen LogP contribution is -2.47. The number of amides is 1. The minimum atomic E-state index is -0.341. The van der Waals surface area contributed by atoms with Crippen LogP contribution in [0.5, 0.6) is 0 Å². The lowest BCUT2D eigenvalue weighted by Gasteiger charge is -2.36. The second-order valence-electron chi connectivity index (χ2n) is 6.80. The fraction of sp³-hybridized carbons (Fsp3) is 0.938. The molecule has 130 valence electrons. The van der Waals surface area contributed by atoms with Gasteiger partial charge in [-0.15, -0.1) is 0 Å². The molecule has 0 aromatic heterocycles. The summed E-state index contributed by atoms with van der Waals surface area (Å²) in [6, 6.07) is 0.212. The van der Waals surface area contributed by atoms with Crippen molar-refractivity contribution in [2.45, 2.75) is 57.7 Å². The first-order chi connectivity index (χ1) is 10.4. The highest BCUT2D eigenvalue weighted by molar-refractivity contribution is 5.67. The second-order valence-corrected chi connectivity index (χ2v) is 6.80. The van der Waals surface area contributed by atoms with E-state index >= 15 is 0 Å². The lowest BCUT2D eigenvalue weighted by molar-refractivity contribution is 0.0573. The largest absolute Gasteiger partial charge is 0.448 e. The average molecular weight is 316 g/mol. The Morgan fingerprint density at radius 2 is 2.00 bits per heavy atom. The zero-order chi connectivity index (χ0) is 16.6. The molecule has 6 nitrogen and oxygen atoms in total. The van der Waals surface area contributed by atoms with E-state index in [4.69, 9.17) is 14.2 Å². The summed E-state index contributed by atoms with van der Waals surface area (Å²) >= 11 is 0. The molecule has 1 aliphatic heterocycles. The first-order valence-electron chi connectivity index (χ1n) is 8.07. The minimum Gasteiger partial charge on any atom is -0.448 e. The summed E-state index contributed by atoms with van der Waals surface area (Å²) in [7, 11) is 3.42. The summed E-state index contributed by atoms with van der Waals surface area (Å²) in [6.45, 7) is 9.15. The van der Waals surface area contributed by atoms with Crippen LogP contribution in [0.2, 0.25) is 0 Å². The molecular formula is C16H32N2O4. The maximum Gasteiger partial charge on any atom is 0.407 e. The fourth-order valence-corrected chi connectivity index (χ4v) is 2.81. The molecule has 0 aliphatic carbocycles. The maximum atomic E-state index is 11.7. The third kappa shape index (κ3) is 6.50. The molecule has 1 saturated heterocycles. The molecule has 2 unspecified atom stereocenters. The number of ether oxygens (including phenoxy) is 3. The fourth-order valence-electron chi connectivity index (χ4n) is 2.81. The van der Waals surface area contributed by atoms with Crippen molar-refractivity contribution >= 4 is 6.09 Å². The van der Waals surface area contributed by atoms with E-state index in [1.54, 1.807) is 14.2 Å². The molecule has 1 amide bonds. The van der Waals surface area contributed by atoms with Crippen molar-refractivity contribution in [1.82, 2.24) is 10.2 Å². The Bertz CT molecular complexity index is 331. The van der Waals surface area contributed by atoms with Crippen LogP contribution in [-0.2, 0) is 14.2 Å². The van der Waals surface area contributed by atoms with Gasteiger partial charge in [0.15, 0.2) is 0 Å². The smallest absolute Gasteiger partial charge is 0.407 e. The SMILES string of the molecule is COCCCCNC(=O)OCC1CC(OC)CN1C(C)(C)C. The average Bonchev–Trinajstić information content (AvgIpc) is 2.88. The van der Waals surface area contributed by atoms with E-state index in [0.717, 1.165) is 32.4 Å². The van der Waals surface area contributed by atoms with Gasteiger partial charge in [-0.25, -0.2) is 4.79 Å². The van der Waals surface area contributed by atoms with Crippen LogP contribution in [0.25, 0.3) is 0 Å². The number of unbranched alkanes of at least 4 members (excludes halogenated alkanes) is 1. The Balaban J connectivity index is 2.30. The predicted molar refractivity (Wildman–Crippen MR) is 86.1 cm³/mol. The standard InChI is InChI=1S/C16H32N2O4/c1-16(2,3)18-11-14(21-5)10-13(18)12-22-15(19)17-8-6-7-9-20-4/h13-14H,6-12H2,1-5H3,(H,17,19). The van der Waals surface area contributed by atoms with Crippen molar-refractivity contribution in [2.75, 3.05) is 40.5 Å². The van der Waals surface area contributed by atoms with Gasteiger partial charge >= 0.3 is 6.09 Å². The van der Waals surface area contributed by atoms with Gasteiger partial charge in [-0.05, 0) is 40.0 Å². The molecule has 0 saturated carbocycles. The molecule has 2 atom stereocenters. The van der Waals surface area contributed by atoms with Gasteiger partial charge < -0.3 is 19.5 Å². The van der Waals surface area contributed by atoms with E-state index in [2.05, 4.69) is 31.0 Å². The molecule has 0 bridgehead atoms. The van der Waals surface area contributed by atoms with E-state index in [9.17, 15) is 4.79 Å². The molecule has 0 aromatic rings. The zero-order valence-corrected chi connectivity index (χ0v) is 14.7. The third-order valence-electron chi connectivity index (χ3n) is 4.02. The Kier molecular flexibility index (Phi) is 8.14. The highest BCUT2D eigenvalue weighted by atomic mass is 16.5. The molecule has 1 N–H and O–H groups in total. The van der Waals surface area contributed by atoms with Crippen LogP contribution in [0.4, 0.5) is 4.79 Å². The third-order valence-corrected chi connectivity index (χ3v) is 4.02. The van der Waals surface area contributed by atoms with Gasteiger partial charge in [0.2, 0.25) is 0 Å². The first-order valence-corrected chi connectivity index (χ1v) is 8.07. The Morgan fingerprint density at radius 3 is 2.59 bits per heavy atom. The van der Waals surface area contributed by atoms with Crippen LogP contribution < -0.4 is 5.32 Å².